The number of rotatable bonds is 3. The Hall–Kier alpha value is -0.540. The van der Waals surface area contributed by atoms with E-state index < -0.39 is 0 Å². The molecule has 0 aromatic rings. The molecular weight excluding hydrogens is 176 g/mol. The second-order valence-electron chi connectivity index (χ2n) is 4.10. The Kier molecular flexibility index (Phi) is 3.96. The van der Waals surface area contributed by atoms with Gasteiger partial charge in [-0.1, -0.05) is 6.92 Å². The van der Waals surface area contributed by atoms with Crippen LogP contribution in [0.2, 0.25) is 0 Å². The van der Waals surface area contributed by atoms with Gasteiger partial charge in [0.25, 0.3) is 0 Å². The molecule has 0 spiro atoms. The van der Waals surface area contributed by atoms with Crippen molar-refractivity contribution < 1.29 is 4.74 Å². The summed E-state index contributed by atoms with van der Waals surface area (Å²) in [6.07, 6.45) is 2.09. The Labute approximate surface area is 86.9 Å². The van der Waals surface area contributed by atoms with Crippen molar-refractivity contribution in [2.75, 3.05) is 6.61 Å². The number of hydrazine groups is 1. The highest BCUT2D eigenvalue weighted by molar-refractivity contribution is 5.14. The molecule has 2 N–H and O–H groups in total. The van der Waals surface area contributed by atoms with Crippen molar-refractivity contribution in [3.8, 4) is 0 Å². The van der Waals surface area contributed by atoms with Gasteiger partial charge in [-0.25, -0.2) is 5.01 Å². The third-order valence-electron chi connectivity index (χ3n) is 3.22. The van der Waals surface area contributed by atoms with Gasteiger partial charge in [-0.05, 0) is 32.8 Å². The number of hydrogen-bond donors (Lipinski definition) is 1. The van der Waals surface area contributed by atoms with Crippen LogP contribution in [0.4, 0.5) is 0 Å². The zero-order valence-electron chi connectivity index (χ0n) is 9.71. The topological polar surface area (TPSA) is 38.5 Å². The molecule has 2 unspecified atom stereocenters. The highest BCUT2D eigenvalue weighted by Gasteiger charge is 2.25. The largest absolute Gasteiger partial charge is 0.498 e. The maximum absolute atomic E-state index is 6.10. The lowest BCUT2D eigenvalue weighted by Crippen LogP contribution is -2.49. The van der Waals surface area contributed by atoms with Crippen molar-refractivity contribution in [1.82, 2.24) is 5.01 Å². The lowest BCUT2D eigenvalue weighted by molar-refractivity contribution is 0.0948. The number of ether oxygens (including phenoxy) is 1. The van der Waals surface area contributed by atoms with Gasteiger partial charge < -0.3 is 4.74 Å². The SMILES string of the molecule is CCC(C)N(N)C1CCOC(C)=C1C. The second-order valence-corrected chi connectivity index (χ2v) is 4.10. The van der Waals surface area contributed by atoms with Crippen molar-refractivity contribution in [2.45, 2.75) is 52.6 Å². The number of hydrogen-bond acceptors (Lipinski definition) is 3. The molecule has 0 saturated carbocycles. The van der Waals surface area contributed by atoms with Gasteiger partial charge in [0.05, 0.1) is 18.4 Å². The predicted molar refractivity (Wildman–Crippen MR) is 58.5 cm³/mol. The fourth-order valence-electron chi connectivity index (χ4n) is 1.78. The molecule has 14 heavy (non-hydrogen) atoms. The zero-order valence-corrected chi connectivity index (χ0v) is 9.71. The van der Waals surface area contributed by atoms with E-state index in [1.165, 1.54) is 5.57 Å². The lowest BCUT2D eigenvalue weighted by Gasteiger charge is -2.36. The quantitative estimate of drug-likeness (QED) is 0.557. The monoisotopic (exact) mass is 198 g/mol. The minimum atomic E-state index is 0.360. The van der Waals surface area contributed by atoms with E-state index in [4.69, 9.17) is 10.6 Å². The van der Waals surface area contributed by atoms with Crippen molar-refractivity contribution in [3.05, 3.63) is 11.3 Å². The predicted octanol–water partition coefficient (Wildman–Crippen LogP) is 2.04. The van der Waals surface area contributed by atoms with E-state index >= 15 is 0 Å². The lowest BCUT2D eigenvalue weighted by atomic mass is 10.0. The van der Waals surface area contributed by atoms with Crippen LogP contribution in [0.1, 0.15) is 40.5 Å². The molecule has 1 aliphatic heterocycles. The molecule has 1 heterocycles. The normalized spacial score (nSPS) is 25.1. The van der Waals surface area contributed by atoms with Crippen LogP contribution in [-0.2, 0) is 4.74 Å². The third kappa shape index (κ3) is 2.28. The molecule has 0 aromatic carbocycles. The van der Waals surface area contributed by atoms with E-state index in [0.29, 0.717) is 12.1 Å². The van der Waals surface area contributed by atoms with Crippen LogP contribution in [0.15, 0.2) is 11.3 Å². The van der Waals surface area contributed by atoms with E-state index in [9.17, 15) is 0 Å². The molecule has 0 saturated heterocycles. The first-order valence-corrected chi connectivity index (χ1v) is 5.41. The Bertz CT molecular complexity index is 225. The second kappa shape index (κ2) is 4.80. The fraction of sp³-hybridized carbons (Fsp3) is 0.818. The molecule has 1 aliphatic rings. The molecule has 0 fully saturated rings. The molecule has 0 aromatic heterocycles. The standard InChI is InChI=1S/C11H22N2O/c1-5-8(2)13(12)11-6-7-14-10(4)9(11)3/h8,11H,5-7,12H2,1-4H3. The number of nitrogens with two attached hydrogens (primary N) is 1. The van der Waals surface area contributed by atoms with Crippen molar-refractivity contribution in [2.24, 2.45) is 5.84 Å². The van der Waals surface area contributed by atoms with Gasteiger partial charge in [0.2, 0.25) is 0 Å². The van der Waals surface area contributed by atoms with Crippen LogP contribution in [0.5, 0.6) is 0 Å². The van der Waals surface area contributed by atoms with Gasteiger partial charge in [-0.15, -0.1) is 0 Å². The molecule has 0 amide bonds. The van der Waals surface area contributed by atoms with Gasteiger partial charge in [-0.3, -0.25) is 5.84 Å². The zero-order chi connectivity index (χ0) is 10.7. The van der Waals surface area contributed by atoms with Crippen molar-refractivity contribution >= 4 is 0 Å². The summed E-state index contributed by atoms with van der Waals surface area (Å²) in [6.45, 7) is 9.25. The summed E-state index contributed by atoms with van der Waals surface area (Å²) in [6, 6.07) is 0.791. The average Bonchev–Trinajstić information content (AvgIpc) is 2.20. The van der Waals surface area contributed by atoms with Crippen molar-refractivity contribution in [1.29, 1.82) is 0 Å². The van der Waals surface area contributed by atoms with Crippen LogP contribution in [0, 0.1) is 0 Å². The van der Waals surface area contributed by atoms with E-state index in [1.54, 1.807) is 0 Å². The van der Waals surface area contributed by atoms with Gasteiger partial charge in [0.15, 0.2) is 0 Å². The molecule has 0 radical (unpaired) electrons. The van der Waals surface area contributed by atoms with E-state index in [2.05, 4.69) is 20.8 Å². The maximum atomic E-state index is 6.10. The minimum Gasteiger partial charge on any atom is -0.498 e. The number of nitrogens with zero attached hydrogens (tertiary/aromatic N) is 1. The molecule has 3 nitrogen and oxygen atoms in total. The van der Waals surface area contributed by atoms with Crippen LogP contribution in [0.3, 0.4) is 0 Å². The average molecular weight is 198 g/mol. The summed E-state index contributed by atoms with van der Waals surface area (Å²) in [4.78, 5) is 0. The molecule has 3 heteroatoms. The third-order valence-corrected chi connectivity index (χ3v) is 3.22. The first-order valence-electron chi connectivity index (χ1n) is 5.41. The molecule has 0 aliphatic carbocycles. The summed E-state index contributed by atoms with van der Waals surface area (Å²) in [7, 11) is 0. The summed E-state index contributed by atoms with van der Waals surface area (Å²) >= 11 is 0. The fourth-order valence-corrected chi connectivity index (χ4v) is 1.78. The molecule has 2 atom stereocenters. The van der Waals surface area contributed by atoms with E-state index in [1.807, 2.05) is 11.9 Å². The highest BCUT2D eigenvalue weighted by atomic mass is 16.5. The van der Waals surface area contributed by atoms with Gasteiger partial charge >= 0.3 is 0 Å². The smallest absolute Gasteiger partial charge is 0.0934 e. The van der Waals surface area contributed by atoms with Crippen LogP contribution >= 0.6 is 0 Å². The Morgan fingerprint density at radius 1 is 1.57 bits per heavy atom. The first kappa shape index (κ1) is 11.5. The highest BCUT2D eigenvalue weighted by Crippen LogP contribution is 2.23. The van der Waals surface area contributed by atoms with Gasteiger partial charge in [0.1, 0.15) is 0 Å². The minimum absolute atomic E-state index is 0.360. The van der Waals surface area contributed by atoms with Crippen LogP contribution in [0.25, 0.3) is 0 Å². The Morgan fingerprint density at radius 3 is 2.79 bits per heavy atom. The molecule has 1 rings (SSSR count). The van der Waals surface area contributed by atoms with E-state index in [-0.39, 0.29) is 0 Å². The van der Waals surface area contributed by atoms with E-state index in [0.717, 1.165) is 25.2 Å². The Morgan fingerprint density at radius 2 is 2.21 bits per heavy atom. The molecule has 82 valence electrons. The van der Waals surface area contributed by atoms with Crippen LogP contribution < -0.4 is 5.84 Å². The Balaban J connectivity index is 2.72. The summed E-state index contributed by atoms with van der Waals surface area (Å²) in [5, 5.41) is 1.97. The molecular formula is C11H22N2O. The first-order chi connectivity index (χ1) is 6.57. The van der Waals surface area contributed by atoms with Crippen LogP contribution in [-0.4, -0.2) is 23.7 Å². The molecule has 0 bridgehead atoms. The maximum Gasteiger partial charge on any atom is 0.0934 e. The van der Waals surface area contributed by atoms with Gasteiger partial charge in [-0.2, -0.15) is 0 Å². The number of allylic oxidation sites excluding steroid dienone is 1. The van der Waals surface area contributed by atoms with Gasteiger partial charge in [0, 0.05) is 12.5 Å². The summed E-state index contributed by atoms with van der Waals surface area (Å²) in [5.41, 5.74) is 1.28. The van der Waals surface area contributed by atoms with Crippen molar-refractivity contribution in [3.63, 3.8) is 0 Å². The summed E-state index contributed by atoms with van der Waals surface area (Å²) < 4.78 is 5.48. The summed E-state index contributed by atoms with van der Waals surface area (Å²) in [5.74, 6) is 7.14.